The Morgan fingerprint density at radius 3 is 2.29 bits per heavy atom. The summed E-state index contributed by atoms with van der Waals surface area (Å²) in [5.74, 6) is -1.10. The SMILES string of the molecule is O=Cc1ccc(/C(=C/C(=O)O)c2cccc(Cl)c2Cl)cc1. The van der Waals surface area contributed by atoms with E-state index >= 15 is 0 Å². The van der Waals surface area contributed by atoms with E-state index in [1.807, 2.05) is 0 Å². The minimum atomic E-state index is -1.10. The van der Waals surface area contributed by atoms with Crippen LogP contribution in [-0.4, -0.2) is 17.4 Å². The topological polar surface area (TPSA) is 54.4 Å². The predicted molar refractivity (Wildman–Crippen MR) is 83.0 cm³/mol. The first-order valence-electron chi connectivity index (χ1n) is 5.97. The second kappa shape index (κ2) is 6.57. The Labute approximate surface area is 131 Å². The van der Waals surface area contributed by atoms with E-state index in [0.717, 1.165) is 12.4 Å². The normalized spacial score (nSPS) is 11.2. The molecule has 0 bridgehead atoms. The number of carboxylic acid groups (broad SMARTS) is 1. The van der Waals surface area contributed by atoms with Crippen LogP contribution < -0.4 is 0 Å². The Bertz CT molecular complexity index is 719. The van der Waals surface area contributed by atoms with Crippen LogP contribution in [0.5, 0.6) is 0 Å². The third kappa shape index (κ3) is 3.51. The number of aliphatic carboxylic acids is 1. The second-order valence-electron chi connectivity index (χ2n) is 4.24. The van der Waals surface area contributed by atoms with E-state index in [9.17, 15) is 9.59 Å². The lowest BCUT2D eigenvalue weighted by Gasteiger charge is -2.11. The van der Waals surface area contributed by atoms with Crippen LogP contribution in [0, 0.1) is 0 Å². The van der Waals surface area contributed by atoms with E-state index < -0.39 is 5.97 Å². The number of halogens is 2. The van der Waals surface area contributed by atoms with Crippen molar-refractivity contribution in [2.75, 3.05) is 0 Å². The summed E-state index contributed by atoms with van der Waals surface area (Å²) in [5, 5.41) is 9.68. The summed E-state index contributed by atoms with van der Waals surface area (Å²) < 4.78 is 0. The molecule has 0 radical (unpaired) electrons. The zero-order valence-corrected chi connectivity index (χ0v) is 12.2. The lowest BCUT2D eigenvalue weighted by molar-refractivity contribution is -0.131. The van der Waals surface area contributed by atoms with Crippen LogP contribution in [0.2, 0.25) is 10.0 Å². The smallest absolute Gasteiger partial charge is 0.328 e. The second-order valence-corrected chi connectivity index (χ2v) is 5.02. The third-order valence-corrected chi connectivity index (χ3v) is 3.69. The van der Waals surface area contributed by atoms with Gasteiger partial charge in [0.15, 0.2) is 0 Å². The van der Waals surface area contributed by atoms with Gasteiger partial charge in [-0.3, -0.25) is 4.79 Å². The highest BCUT2D eigenvalue weighted by atomic mass is 35.5. The number of hydrogen-bond acceptors (Lipinski definition) is 2. The zero-order valence-electron chi connectivity index (χ0n) is 10.7. The van der Waals surface area contributed by atoms with Gasteiger partial charge in [0, 0.05) is 17.2 Å². The van der Waals surface area contributed by atoms with Gasteiger partial charge in [-0.25, -0.2) is 4.79 Å². The fourth-order valence-corrected chi connectivity index (χ4v) is 2.30. The van der Waals surface area contributed by atoms with Gasteiger partial charge in [0.05, 0.1) is 10.0 Å². The summed E-state index contributed by atoms with van der Waals surface area (Å²) in [7, 11) is 0. The number of aldehydes is 1. The molecule has 5 heteroatoms. The molecule has 0 aliphatic carbocycles. The molecule has 0 fully saturated rings. The van der Waals surface area contributed by atoms with Gasteiger partial charge in [0.25, 0.3) is 0 Å². The average Bonchev–Trinajstić information content (AvgIpc) is 2.48. The summed E-state index contributed by atoms with van der Waals surface area (Å²) in [6, 6.07) is 11.6. The molecule has 1 N–H and O–H groups in total. The molecule has 0 aromatic heterocycles. The van der Waals surface area contributed by atoms with Gasteiger partial charge in [-0.05, 0) is 17.2 Å². The highest BCUT2D eigenvalue weighted by Crippen LogP contribution is 2.34. The van der Waals surface area contributed by atoms with Crippen molar-refractivity contribution in [2.24, 2.45) is 0 Å². The highest BCUT2D eigenvalue weighted by Gasteiger charge is 2.13. The summed E-state index contributed by atoms with van der Waals surface area (Å²) in [6.45, 7) is 0. The first-order valence-corrected chi connectivity index (χ1v) is 6.73. The molecule has 0 aliphatic rings. The molecule has 2 rings (SSSR count). The van der Waals surface area contributed by atoms with Crippen molar-refractivity contribution >= 4 is 41.0 Å². The van der Waals surface area contributed by atoms with Crippen LogP contribution in [0.25, 0.3) is 5.57 Å². The van der Waals surface area contributed by atoms with Crippen molar-refractivity contribution in [3.8, 4) is 0 Å². The minimum Gasteiger partial charge on any atom is -0.478 e. The number of carbonyl (C=O) groups is 2. The molecule has 0 aliphatic heterocycles. The maximum Gasteiger partial charge on any atom is 0.328 e. The summed E-state index contributed by atoms with van der Waals surface area (Å²) in [5.41, 5.74) is 2.08. The summed E-state index contributed by atoms with van der Waals surface area (Å²) in [4.78, 5) is 21.8. The van der Waals surface area contributed by atoms with Crippen LogP contribution in [0.4, 0.5) is 0 Å². The number of carbonyl (C=O) groups excluding carboxylic acids is 1. The van der Waals surface area contributed by atoms with Gasteiger partial charge in [-0.2, -0.15) is 0 Å². The summed E-state index contributed by atoms with van der Waals surface area (Å²) in [6.07, 6.45) is 1.78. The predicted octanol–water partition coefficient (Wildman–Crippen LogP) is 4.32. The largest absolute Gasteiger partial charge is 0.478 e. The molecular weight excluding hydrogens is 311 g/mol. The first kappa shape index (κ1) is 15.3. The van der Waals surface area contributed by atoms with Crippen LogP contribution in [0.1, 0.15) is 21.5 Å². The Hall–Kier alpha value is -2.10. The number of benzene rings is 2. The van der Waals surface area contributed by atoms with E-state index in [4.69, 9.17) is 28.3 Å². The first-order chi connectivity index (χ1) is 10.0. The van der Waals surface area contributed by atoms with E-state index in [-0.39, 0.29) is 5.02 Å². The fraction of sp³-hybridized carbons (Fsp3) is 0. The molecule has 0 unspecified atom stereocenters. The third-order valence-electron chi connectivity index (χ3n) is 2.87. The zero-order chi connectivity index (χ0) is 15.4. The van der Waals surface area contributed by atoms with Gasteiger partial charge < -0.3 is 5.11 Å². The van der Waals surface area contributed by atoms with Gasteiger partial charge >= 0.3 is 5.97 Å². The van der Waals surface area contributed by atoms with E-state index in [1.165, 1.54) is 0 Å². The monoisotopic (exact) mass is 320 g/mol. The number of rotatable bonds is 4. The van der Waals surface area contributed by atoms with Gasteiger partial charge in [0.1, 0.15) is 6.29 Å². The van der Waals surface area contributed by atoms with Crippen LogP contribution in [0.15, 0.2) is 48.5 Å². The molecular formula is C16H10Cl2O3. The molecule has 0 saturated carbocycles. The molecule has 2 aromatic rings. The van der Waals surface area contributed by atoms with Crippen molar-refractivity contribution in [1.82, 2.24) is 0 Å². The van der Waals surface area contributed by atoms with Gasteiger partial charge in [-0.1, -0.05) is 59.6 Å². The fourth-order valence-electron chi connectivity index (χ4n) is 1.89. The quantitative estimate of drug-likeness (QED) is 0.674. The van der Waals surface area contributed by atoms with Gasteiger partial charge in [0.2, 0.25) is 0 Å². The Morgan fingerprint density at radius 2 is 1.71 bits per heavy atom. The Morgan fingerprint density at radius 1 is 1.05 bits per heavy atom. The standard InChI is InChI=1S/C16H10Cl2O3/c17-14-3-1-2-12(16(14)18)13(8-15(20)21)11-6-4-10(9-19)5-7-11/h1-9H,(H,20,21)/b13-8-. The molecule has 21 heavy (non-hydrogen) atoms. The Balaban J connectivity index is 2.61. The maximum atomic E-state index is 11.1. The average molecular weight is 321 g/mol. The van der Waals surface area contributed by atoms with E-state index in [1.54, 1.807) is 42.5 Å². The van der Waals surface area contributed by atoms with Gasteiger partial charge in [-0.15, -0.1) is 0 Å². The highest BCUT2D eigenvalue weighted by molar-refractivity contribution is 6.43. The van der Waals surface area contributed by atoms with Crippen molar-refractivity contribution in [2.45, 2.75) is 0 Å². The molecule has 106 valence electrons. The lowest BCUT2D eigenvalue weighted by Crippen LogP contribution is -1.96. The summed E-state index contributed by atoms with van der Waals surface area (Å²) >= 11 is 12.1. The van der Waals surface area contributed by atoms with Crippen molar-refractivity contribution < 1.29 is 14.7 Å². The maximum absolute atomic E-state index is 11.1. The number of carboxylic acids is 1. The van der Waals surface area contributed by atoms with E-state index in [0.29, 0.717) is 27.3 Å². The van der Waals surface area contributed by atoms with Crippen molar-refractivity contribution in [3.05, 3.63) is 75.3 Å². The molecule has 3 nitrogen and oxygen atoms in total. The molecule has 0 heterocycles. The van der Waals surface area contributed by atoms with Crippen LogP contribution >= 0.6 is 23.2 Å². The van der Waals surface area contributed by atoms with Crippen LogP contribution in [0.3, 0.4) is 0 Å². The molecule has 0 amide bonds. The molecule has 0 spiro atoms. The molecule has 0 atom stereocenters. The lowest BCUT2D eigenvalue weighted by atomic mass is 9.96. The number of hydrogen-bond donors (Lipinski definition) is 1. The van der Waals surface area contributed by atoms with Crippen molar-refractivity contribution in [1.29, 1.82) is 0 Å². The molecule has 2 aromatic carbocycles. The van der Waals surface area contributed by atoms with Crippen molar-refractivity contribution in [3.63, 3.8) is 0 Å². The Kier molecular flexibility index (Phi) is 4.78. The van der Waals surface area contributed by atoms with Crippen LogP contribution in [-0.2, 0) is 4.79 Å². The minimum absolute atomic E-state index is 0.283. The molecule has 0 saturated heterocycles. The van der Waals surface area contributed by atoms with E-state index in [2.05, 4.69) is 0 Å².